The monoisotopic (exact) mass is 321 g/mol. The van der Waals surface area contributed by atoms with Gasteiger partial charge < -0.3 is 16.2 Å². The summed E-state index contributed by atoms with van der Waals surface area (Å²) < 4.78 is 0.871. The molecule has 2 rings (SSSR count). The summed E-state index contributed by atoms with van der Waals surface area (Å²) in [5, 5.41) is 12.1. The van der Waals surface area contributed by atoms with Crippen LogP contribution in [0.1, 0.15) is 15.9 Å². The van der Waals surface area contributed by atoms with Gasteiger partial charge in [0.1, 0.15) is 11.6 Å². The Morgan fingerprint density at radius 2 is 2.16 bits per heavy atom. The average Bonchev–Trinajstić information content (AvgIpc) is 2.37. The maximum absolute atomic E-state index is 12.0. The summed E-state index contributed by atoms with van der Waals surface area (Å²) in [6.45, 7) is 1.90. The number of amides is 1. The molecule has 1 aromatic carbocycles. The first-order valence-electron chi connectivity index (χ1n) is 5.49. The van der Waals surface area contributed by atoms with Gasteiger partial charge in [0, 0.05) is 16.2 Å². The standard InChI is InChI=1S/C13H12BrN3O2/c1-7-4-12(16-6-9(7)14)17-13(19)8-2-3-10(15)11(18)5-8/h2-6,18H,15H2,1H3,(H,16,17,19). The van der Waals surface area contributed by atoms with Crippen molar-refractivity contribution in [1.29, 1.82) is 0 Å². The van der Waals surface area contributed by atoms with E-state index in [1.807, 2.05) is 6.92 Å². The number of anilines is 2. The Kier molecular flexibility index (Phi) is 3.71. The molecule has 19 heavy (non-hydrogen) atoms. The van der Waals surface area contributed by atoms with Crippen molar-refractivity contribution in [3.63, 3.8) is 0 Å². The van der Waals surface area contributed by atoms with Crippen molar-refractivity contribution in [2.45, 2.75) is 6.92 Å². The number of nitrogens with zero attached hydrogens (tertiary/aromatic N) is 1. The zero-order valence-electron chi connectivity index (χ0n) is 10.1. The number of carbonyl (C=O) groups excluding carboxylic acids is 1. The second kappa shape index (κ2) is 5.27. The van der Waals surface area contributed by atoms with Gasteiger partial charge in [-0.05, 0) is 52.7 Å². The Morgan fingerprint density at radius 1 is 1.42 bits per heavy atom. The Morgan fingerprint density at radius 3 is 2.79 bits per heavy atom. The molecule has 0 radical (unpaired) electrons. The van der Waals surface area contributed by atoms with E-state index >= 15 is 0 Å². The number of hydrogen-bond donors (Lipinski definition) is 3. The van der Waals surface area contributed by atoms with Crippen LogP contribution in [0.3, 0.4) is 0 Å². The van der Waals surface area contributed by atoms with Gasteiger partial charge in [0.2, 0.25) is 0 Å². The zero-order chi connectivity index (χ0) is 14.0. The van der Waals surface area contributed by atoms with E-state index in [0.29, 0.717) is 11.4 Å². The van der Waals surface area contributed by atoms with Crippen LogP contribution < -0.4 is 11.1 Å². The highest BCUT2D eigenvalue weighted by Gasteiger charge is 2.09. The minimum atomic E-state index is -0.357. The Balaban J connectivity index is 2.20. The van der Waals surface area contributed by atoms with Crippen LogP contribution in [0, 0.1) is 6.92 Å². The predicted octanol–water partition coefficient (Wildman–Crippen LogP) is 2.69. The summed E-state index contributed by atoms with van der Waals surface area (Å²) in [5.41, 5.74) is 6.99. The third-order valence-electron chi connectivity index (χ3n) is 2.58. The molecule has 0 fully saturated rings. The van der Waals surface area contributed by atoms with Gasteiger partial charge in [-0.1, -0.05) is 0 Å². The maximum atomic E-state index is 12.0. The van der Waals surface area contributed by atoms with Crippen LogP contribution in [-0.2, 0) is 0 Å². The molecular formula is C13H12BrN3O2. The molecule has 0 atom stereocenters. The summed E-state index contributed by atoms with van der Waals surface area (Å²) in [5.74, 6) is -0.0286. The molecule has 5 nitrogen and oxygen atoms in total. The van der Waals surface area contributed by atoms with Crippen molar-refractivity contribution in [1.82, 2.24) is 4.98 Å². The number of nitrogen functional groups attached to an aromatic ring is 1. The minimum absolute atomic E-state index is 0.118. The molecule has 1 heterocycles. The molecule has 0 bridgehead atoms. The molecule has 0 unspecified atom stereocenters. The fourth-order valence-corrected chi connectivity index (χ4v) is 1.70. The molecule has 4 N–H and O–H groups in total. The van der Waals surface area contributed by atoms with Crippen LogP contribution in [-0.4, -0.2) is 16.0 Å². The number of nitrogens with two attached hydrogens (primary N) is 1. The average molecular weight is 322 g/mol. The first-order valence-corrected chi connectivity index (χ1v) is 6.28. The molecule has 1 amide bonds. The molecule has 0 aliphatic rings. The molecule has 0 saturated carbocycles. The first kappa shape index (κ1) is 13.4. The number of aryl methyl sites for hydroxylation is 1. The van der Waals surface area contributed by atoms with Gasteiger partial charge in [0.25, 0.3) is 5.91 Å². The molecule has 0 spiro atoms. The van der Waals surface area contributed by atoms with Crippen LogP contribution in [0.5, 0.6) is 5.75 Å². The van der Waals surface area contributed by atoms with Gasteiger partial charge >= 0.3 is 0 Å². The van der Waals surface area contributed by atoms with E-state index in [4.69, 9.17) is 5.73 Å². The highest BCUT2D eigenvalue weighted by Crippen LogP contribution is 2.22. The summed E-state index contributed by atoms with van der Waals surface area (Å²) in [4.78, 5) is 16.0. The highest BCUT2D eigenvalue weighted by molar-refractivity contribution is 9.10. The third kappa shape index (κ3) is 3.03. The lowest BCUT2D eigenvalue weighted by atomic mass is 10.2. The maximum Gasteiger partial charge on any atom is 0.256 e. The number of halogens is 1. The second-order valence-electron chi connectivity index (χ2n) is 4.05. The number of pyridine rings is 1. The topological polar surface area (TPSA) is 88.2 Å². The molecule has 6 heteroatoms. The smallest absolute Gasteiger partial charge is 0.256 e. The molecule has 98 valence electrons. The van der Waals surface area contributed by atoms with Gasteiger partial charge in [0.05, 0.1) is 5.69 Å². The number of aromatic hydroxyl groups is 1. The lowest BCUT2D eigenvalue weighted by Crippen LogP contribution is -2.13. The quantitative estimate of drug-likeness (QED) is 0.586. The zero-order valence-corrected chi connectivity index (χ0v) is 11.7. The van der Waals surface area contributed by atoms with E-state index in [1.54, 1.807) is 12.3 Å². The molecule has 2 aromatic rings. The van der Waals surface area contributed by atoms with E-state index in [1.165, 1.54) is 18.2 Å². The summed E-state index contributed by atoms with van der Waals surface area (Å²) >= 11 is 3.34. The van der Waals surface area contributed by atoms with Crippen molar-refractivity contribution < 1.29 is 9.90 Å². The number of hydrogen-bond acceptors (Lipinski definition) is 4. The van der Waals surface area contributed by atoms with Gasteiger partial charge in [-0.25, -0.2) is 4.98 Å². The van der Waals surface area contributed by atoms with Crippen molar-refractivity contribution in [3.8, 4) is 5.75 Å². The van der Waals surface area contributed by atoms with Gasteiger partial charge in [-0.15, -0.1) is 0 Å². The largest absolute Gasteiger partial charge is 0.506 e. The van der Waals surface area contributed by atoms with Crippen LogP contribution in [0.2, 0.25) is 0 Å². The first-order chi connectivity index (χ1) is 8.97. The van der Waals surface area contributed by atoms with Crippen LogP contribution in [0.25, 0.3) is 0 Å². The predicted molar refractivity (Wildman–Crippen MR) is 77.1 cm³/mol. The number of aromatic nitrogens is 1. The Hall–Kier alpha value is -2.08. The molecular weight excluding hydrogens is 310 g/mol. The number of phenolic OH excluding ortho intramolecular Hbond substituents is 1. The Bertz CT molecular complexity index is 644. The summed E-state index contributed by atoms with van der Waals surface area (Å²) in [7, 11) is 0. The van der Waals surface area contributed by atoms with E-state index in [9.17, 15) is 9.90 Å². The third-order valence-corrected chi connectivity index (χ3v) is 3.41. The molecule has 0 aliphatic heterocycles. The lowest BCUT2D eigenvalue weighted by Gasteiger charge is -2.07. The minimum Gasteiger partial charge on any atom is -0.506 e. The van der Waals surface area contributed by atoms with Gasteiger partial charge in [-0.2, -0.15) is 0 Å². The number of phenols is 1. The van der Waals surface area contributed by atoms with E-state index < -0.39 is 0 Å². The van der Waals surface area contributed by atoms with Gasteiger partial charge in [0.15, 0.2) is 0 Å². The van der Waals surface area contributed by atoms with E-state index in [0.717, 1.165) is 10.0 Å². The number of benzene rings is 1. The SMILES string of the molecule is Cc1cc(NC(=O)c2ccc(N)c(O)c2)ncc1Br. The second-order valence-corrected chi connectivity index (χ2v) is 4.90. The number of carbonyl (C=O) groups is 1. The van der Waals surface area contributed by atoms with Crippen LogP contribution >= 0.6 is 15.9 Å². The van der Waals surface area contributed by atoms with Crippen molar-refractivity contribution in [2.24, 2.45) is 0 Å². The van der Waals surface area contributed by atoms with E-state index in [2.05, 4.69) is 26.2 Å². The lowest BCUT2D eigenvalue weighted by molar-refractivity contribution is 0.102. The molecule has 0 saturated heterocycles. The number of rotatable bonds is 2. The summed E-state index contributed by atoms with van der Waals surface area (Å²) in [6.07, 6.45) is 1.62. The fraction of sp³-hybridized carbons (Fsp3) is 0.0769. The molecule has 0 aliphatic carbocycles. The highest BCUT2D eigenvalue weighted by atomic mass is 79.9. The van der Waals surface area contributed by atoms with Crippen LogP contribution in [0.4, 0.5) is 11.5 Å². The van der Waals surface area contributed by atoms with Crippen molar-refractivity contribution in [3.05, 3.63) is 46.1 Å². The molecule has 1 aromatic heterocycles. The Labute approximate surface area is 118 Å². The summed E-state index contributed by atoms with van der Waals surface area (Å²) in [6, 6.07) is 6.08. The normalized spacial score (nSPS) is 10.2. The fourth-order valence-electron chi connectivity index (χ4n) is 1.48. The van der Waals surface area contributed by atoms with Gasteiger partial charge in [-0.3, -0.25) is 4.79 Å². The number of nitrogens with one attached hydrogen (secondary N) is 1. The van der Waals surface area contributed by atoms with Crippen molar-refractivity contribution in [2.75, 3.05) is 11.1 Å². The van der Waals surface area contributed by atoms with E-state index in [-0.39, 0.29) is 17.3 Å². The van der Waals surface area contributed by atoms with Crippen LogP contribution in [0.15, 0.2) is 34.9 Å². The van der Waals surface area contributed by atoms with Crippen molar-refractivity contribution >= 4 is 33.3 Å².